The number of aromatic amines is 3. The number of esters is 2. The number of ether oxygens (including phenoxy) is 8. The number of aliphatic hydroxyl groups is 5. The molecule has 12 N–H and O–H groups in total. The molecule has 12 atom stereocenters. The molecule has 0 spiro atoms. The van der Waals surface area contributed by atoms with Gasteiger partial charge in [0, 0.05) is 43.8 Å². The third kappa shape index (κ3) is 17.7. The fourth-order valence-electron chi connectivity index (χ4n) is 8.47. The van der Waals surface area contributed by atoms with Crippen molar-refractivity contribution in [2.75, 3.05) is 19.8 Å². The maximum atomic E-state index is 12.3. The lowest BCUT2D eigenvalue weighted by Crippen LogP contribution is -2.38. The summed E-state index contributed by atoms with van der Waals surface area (Å²) < 4.78 is 187. The van der Waals surface area contributed by atoms with Crippen LogP contribution in [0, 0.1) is 14.3 Å². The molecule has 0 aromatic carbocycles. The van der Waals surface area contributed by atoms with E-state index in [0.29, 0.717) is 5.56 Å². The van der Waals surface area contributed by atoms with Crippen molar-refractivity contribution in [2.24, 2.45) is 5.73 Å². The Morgan fingerprint density at radius 3 is 1.15 bits per heavy atom. The molecular weight excluding hydrogens is 1300 g/mol. The highest BCUT2D eigenvalue weighted by atomic mass is 32.1. The average Bonchev–Trinajstić information content (AvgIpc) is 1.73. The van der Waals surface area contributed by atoms with Gasteiger partial charge in [-0.05, 0) is 64.3 Å². The summed E-state index contributed by atoms with van der Waals surface area (Å²) in [5, 5.41) is 50.9. The number of amides is 2. The molecule has 5 saturated heterocycles. The van der Waals surface area contributed by atoms with Gasteiger partial charge in [0.05, 0.1) is 30.9 Å². The Hall–Kier alpha value is -5.98. The van der Waals surface area contributed by atoms with Crippen LogP contribution >= 0.6 is 36.7 Å². The number of carbonyl (C=O) groups excluding carboxylic acids is 4. The Balaban J connectivity index is 0.000000220. The molecule has 3 unspecified atom stereocenters. The van der Waals surface area contributed by atoms with Gasteiger partial charge in [-0.15, -0.1) is 0 Å². The third-order valence-corrected chi connectivity index (χ3v) is 13.3. The minimum absolute atomic E-state index is 0.0634. The van der Waals surface area contributed by atoms with Crippen molar-refractivity contribution in [3.8, 4) is 0 Å². The van der Waals surface area contributed by atoms with Crippen LogP contribution in [-0.2, 0) is 76.7 Å². The van der Waals surface area contributed by atoms with Gasteiger partial charge in [-0.2, -0.15) is 52.7 Å². The first-order chi connectivity index (χ1) is 40.4. The number of hydrogen-bond acceptors (Lipinski definition) is 24. The van der Waals surface area contributed by atoms with Crippen LogP contribution in [0.2, 0.25) is 0 Å². The minimum Gasteiger partial charge on any atom is -0.394 e. The van der Waals surface area contributed by atoms with Gasteiger partial charge in [-0.1, -0.05) is 0 Å². The molecule has 5 aliphatic heterocycles. The number of aliphatic hydroxyl groups excluding tert-OH is 5. The van der Waals surface area contributed by atoms with Gasteiger partial charge < -0.3 is 79.8 Å². The molecule has 0 saturated carbocycles. The van der Waals surface area contributed by atoms with Crippen LogP contribution in [0.25, 0.3) is 0 Å². The second-order valence-corrected chi connectivity index (χ2v) is 20.7. The molecule has 44 heteroatoms. The number of nitrogens with two attached hydrogens (primary N) is 1. The summed E-state index contributed by atoms with van der Waals surface area (Å²) in [4.78, 5) is 83.7. The van der Waals surface area contributed by atoms with Crippen LogP contribution in [0.3, 0.4) is 0 Å². The number of rotatable bonds is 11. The van der Waals surface area contributed by atoms with E-state index in [1.54, 1.807) is 43.8 Å². The zero-order valence-corrected chi connectivity index (χ0v) is 47.4. The van der Waals surface area contributed by atoms with E-state index in [1.165, 1.54) is 16.1 Å². The minimum atomic E-state index is -5.62. The fraction of sp³-hybridized carbons (Fsp3) is 0.636. The molecule has 5 fully saturated rings. The topological polar surface area (TPSA) is 407 Å². The molecule has 29 nitrogen and oxygen atoms in total. The van der Waals surface area contributed by atoms with E-state index in [1.807, 2.05) is 0 Å². The van der Waals surface area contributed by atoms with Crippen LogP contribution in [0.5, 0.6) is 0 Å². The summed E-state index contributed by atoms with van der Waals surface area (Å²) in [6.07, 6.45) is -27.9. The van der Waals surface area contributed by atoms with Crippen LogP contribution in [0.4, 0.5) is 52.7 Å². The molecule has 2 amide bonds. The van der Waals surface area contributed by atoms with Crippen molar-refractivity contribution in [1.82, 2.24) is 39.3 Å². The van der Waals surface area contributed by atoms with E-state index in [4.69, 9.17) is 80.7 Å². The van der Waals surface area contributed by atoms with Crippen LogP contribution in [-0.4, -0.2) is 189 Å². The maximum Gasteiger partial charge on any atom is 0.491 e. The quantitative estimate of drug-likeness (QED) is 0.0527. The zero-order chi connectivity index (χ0) is 66.7. The van der Waals surface area contributed by atoms with Crippen LogP contribution in [0.1, 0.15) is 63.1 Å². The Kier molecular flexibility index (Phi) is 23.2. The number of fused-ring (bicyclic) bond motifs is 2. The molecule has 5 aliphatic rings. The zero-order valence-electron chi connectivity index (χ0n) is 44.9. The van der Waals surface area contributed by atoms with Gasteiger partial charge in [-0.3, -0.25) is 52.6 Å². The summed E-state index contributed by atoms with van der Waals surface area (Å²) in [5.74, 6) is -12.5. The summed E-state index contributed by atoms with van der Waals surface area (Å²) in [6.45, 7) is 4.47. The molecule has 3 aromatic heterocycles. The molecule has 88 heavy (non-hydrogen) atoms. The van der Waals surface area contributed by atoms with Crippen molar-refractivity contribution in [1.29, 1.82) is 0 Å². The van der Waals surface area contributed by atoms with Gasteiger partial charge in [0.1, 0.15) is 54.9 Å². The SMILES string of the molecule is CC1(C)OC2[C@@H](CO)O[C@@H](n3cc(CN)c(=O)[nH]c3=S)[C@H]2O1.CC1(C)OC2[C@@H](CO)O[C@@H](n3cc(CNC(=O)C(F)(F)F)c(=O)[nH]c3=S)[C@H]2O1.O=C(NCc1cn([C@@H]2O[C@H](CO)C(O)[C@@H]2O)c(=S)[nH]c1=O)C(F)(F)F.O=C(OC(=O)C(F)(F)F)C(F)(F)F. The average molecular weight is 1350 g/mol. The van der Waals surface area contributed by atoms with E-state index < -0.39 is 164 Å². The highest BCUT2D eigenvalue weighted by molar-refractivity contribution is 7.71. The molecule has 494 valence electrons. The second kappa shape index (κ2) is 28.0. The number of carbonyl (C=O) groups is 4. The Labute approximate surface area is 497 Å². The van der Waals surface area contributed by atoms with Gasteiger partial charge >= 0.3 is 48.5 Å². The van der Waals surface area contributed by atoms with Gasteiger partial charge in [0.15, 0.2) is 44.6 Å². The first-order valence-corrected chi connectivity index (χ1v) is 25.8. The van der Waals surface area contributed by atoms with E-state index in [2.05, 4.69) is 19.7 Å². The number of nitrogens with one attached hydrogen (secondary N) is 5. The van der Waals surface area contributed by atoms with E-state index >= 15 is 0 Å². The highest BCUT2D eigenvalue weighted by Crippen LogP contribution is 2.44. The molecule has 8 rings (SSSR count). The molecule has 0 aliphatic carbocycles. The highest BCUT2D eigenvalue weighted by Gasteiger charge is 2.57. The number of aromatic nitrogens is 6. The van der Waals surface area contributed by atoms with Crippen molar-refractivity contribution in [3.63, 3.8) is 0 Å². The summed E-state index contributed by atoms with van der Waals surface area (Å²) in [7, 11) is 0. The first kappa shape index (κ1) is 72.8. The standard InChI is InChI=1S/C15H18F3N3O6S.C13H19N3O5S.C12H14F3N3O6S.C4F6O3/c1-14(2)26-8-7(5-22)25-11(9(8)27-14)21-4-6(10(23)20-13(21)28)3-19-12(24)15(16,17)18;1-13(2)20-8-7(5-17)19-11(9(8)21-13)16-4-6(3-14)10(18)15-12(16)22;13-12(14,15)10(23)16-1-4-2-18(11(25)17-8(4)22)9-7(21)6(20)5(3-19)24-9;5-3(6,7)1(11)13-2(12)4(8,9)10/h4,7-9,11,22H,3,5H2,1-2H3,(H,19,24)(H,20,23,28);4,7-9,11,17H,3,5,14H2,1-2H3,(H,15,18,22);2,5-7,9,19-21H,1,3H2,(H,16,23)(H,17,22,25);/t2*7-,8?,9+,11-;5-,6?,7+,9-;/m111./s1. The summed E-state index contributed by atoms with van der Waals surface area (Å²) >= 11 is 15.2. The monoisotopic (exact) mass is 1350 g/mol. The van der Waals surface area contributed by atoms with Crippen LogP contribution < -0.4 is 33.0 Å². The number of nitrogens with zero attached hydrogens (tertiary/aromatic N) is 3. The first-order valence-electron chi connectivity index (χ1n) is 24.6. The Bertz CT molecular complexity index is 3380. The summed E-state index contributed by atoms with van der Waals surface area (Å²) in [5.41, 5.74) is 3.59. The van der Waals surface area contributed by atoms with Crippen molar-refractivity contribution >= 4 is 60.4 Å². The van der Waals surface area contributed by atoms with E-state index in [-0.39, 0.29) is 50.8 Å². The van der Waals surface area contributed by atoms with Crippen LogP contribution in [0.15, 0.2) is 33.0 Å². The number of halogens is 12. The number of hydrogen-bond donors (Lipinski definition) is 11. The Morgan fingerprint density at radius 2 is 0.841 bits per heavy atom. The lowest BCUT2D eigenvalue weighted by atomic mass is 10.1. The van der Waals surface area contributed by atoms with Gasteiger partial charge in [0.25, 0.3) is 16.7 Å². The molecule has 0 radical (unpaired) electrons. The smallest absolute Gasteiger partial charge is 0.394 e. The van der Waals surface area contributed by atoms with E-state index in [0.717, 1.165) is 10.8 Å². The number of alkyl halides is 12. The maximum absolute atomic E-state index is 12.3. The molecule has 8 heterocycles. The lowest BCUT2D eigenvalue weighted by molar-refractivity contribution is -0.221. The molecule has 3 aromatic rings. The third-order valence-electron chi connectivity index (χ3n) is 12.3. The molecular formula is C44H51F12N9O20S3. The Morgan fingerprint density at radius 1 is 0.534 bits per heavy atom. The largest absolute Gasteiger partial charge is 0.491 e. The van der Waals surface area contributed by atoms with E-state index in [9.17, 15) is 107 Å². The molecule has 0 bridgehead atoms. The van der Waals surface area contributed by atoms with Crippen molar-refractivity contribution < 1.29 is 135 Å². The lowest BCUT2D eigenvalue weighted by Gasteiger charge is -2.25. The summed E-state index contributed by atoms with van der Waals surface area (Å²) in [6, 6.07) is 0. The predicted molar refractivity (Wildman–Crippen MR) is 267 cm³/mol. The van der Waals surface area contributed by atoms with Gasteiger partial charge in [-0.25, -0.2) is 9.59 Å². The fourth-order valence-corrected chi connectivity index (χ4v) is 9.21. The van der Waals surface area contributed by atoms with Crippen molar-refractivity contribution in [3.05, 3.63) is 80.7 Å². The normalized spacial score (nSPS) is 26.9. The van der Waals surface area contributed by atoms with Crippen molar-refractivity contribution in [2.45, 2.75) is 157 Å². The number of H-pyrrole nitrogens is 3. The second-order valence-electron chi connectivity index (χ2n) is 19.6. The van der Waals surface area contributed by atoms with Gasteiger partial charge in [0.2, 0.25) is 0 Å². The predicted octanol–water partition coefficient (Wildman–Crippen LogP) is 0.145.